The number of halogens is 1. The molecular weight excluding hydrogens is 564 g/mol. The number of amides is 1. The third-order valence-electron chi connectivity index (χ3n) is 7.27. The van der Waals surface area contributed by atoms with Crippen molar-refractivity contribution in [3.05, 3.63) is 136 Å². The number of anilines is 1. The van der Waals surface area contributed by atoms with Gasteiger partial charge in [0.2, 0.25) is 12.0 Å². The Bertz CT molecular complexity index is 2040. The van der Waals surface area contributed by atoms with Crippen molar-refractivity contribution in [3.63, 3.8) is 0 Å². The molecule has 3 heterocycles. The predicted molar refractivity (Wildman–Crippen MR) is 167 cm³/mol. The van der Waals surface area contributed by atoms with Gasteiger partial charge in [0.05, 0.1) is 0 Å². The minimum atomic E-state index is -0.378. The number of carbonyl (C=O) groups is 1. The van der Waals surface area contributed by atoms with Crippen LogP contribution in [0.2, 0.25) is 5.02 Å². The van der Waals surface area contributed by atoms with Crippen molar-refractivity contribution in [2.75, 3.05) is 5.32 Å². The fraction of sp³-hybridized carbons (Fsp3) is 0. The van der Waals surface area contributed by atoms with Crippen LogP contribution in [0, 0.1) is 0 Å². The molecule has 4 aromatic carbocycles. The van der Waals surface area contributed by atoms with Gasteiger partial charge >= 0.3 is 0 Å². The molecule has 1 atom stereocenters. The van der Waals surface area contributed by atoms with Gasteiger partial charge in [-0.15, -0.1) is 0 Å². The average molecular weight is 586 g/mol. The highest BCUT2D eigenvalue weighted by molar-refractivity contribution is 6.30. The number of hydrogen-bond donors (Lipinski definition) is 2. The van der Waals surface area contributed by atoms with Gasteiger partial charge in [0.1, 0.15) is 17.8 Å². The summed E-state index contributed by atoms with van der Waals surface area (Å²) in [6.45, 7) is 0. The minimum absolute atomic E-state index is 0.142. The second-order valence-electron chi connectivity index (χ2n) is 9.86. The monoisotopic (exact) mass is 585 g/mol. The third kappa shape index (κ3) is 4.72. The number of aromatic amines is 1. The molecule has 0 aliphatic carbocycles. The van der Waals surface area contributed by atoms with Gasteiger partial charge < -0.3 is 14.8 Å². The number of nitrogens with zero attached hydrogens (tertiary/aromatic N) is 4. The number of fused-ring (bicyclic) bond motifs is 1. The van der Waals surface area contributed by atoms with Crippen LogP contribution in [0.4, 0.5) is 28.7 Å². The van der Waals surface area contributed by atoms with Crippen molar-refractivity contribution < 1.29 is 9.32 Å². The molecule has 7 rings (SSSR count). The lowest BCUT2D eigenvalue weighted by Crippen LogP contribution is -2.36. The lowest BCUT2D eigenvalue weighted by molar-refractivity contribution is 0.102. The van der Waals surface area contributed by atoms with Crippen LogP contribution in [-0.2, 0) is 0 Å². The summed E-state index contributed by atoms with van der Waals surface area (Å²) in [7, 11) is 0. The Hall–Kier alpha value is -5.64. The maximum Gasteiger partial charge on any atom is 0.283 e. The zero-order valence-corrected chi connectivity index (χ0v) is 23.2. The van der Waals surface area contributed by atoms with Crippen molar-refractivity contribution >= 4 is 52.5 Å². The van der Waals surface area contributed by atoms with Crippen molar-refractivity contribution in [2.45, 2.75) is 0 Å². The van der Waals surface area contributed by atoms with E-state index in [0.29, 0.717) is 33.7 Å². The standard InChI is InChI=1S/C33H21ClN6O3/c34-25-13-15-26(16-14-25)40(27-8-4-7-24(19-27)32(41)36-28-17-18-43-39-28)20-35-29-31(40)37-30(38-33(29)42)23-11-9-22(10-12-23)21-5-2-1-3-6-21/h1-20H,(H-,36,37,38,39,41,42)/p+1. The van der Waals surface area contributed by atoms with Crippen molar-refractivity contribution in [1.82, 2.24) is 19.6 Å². The molecule has 1 aliphatic rings. The normalized spacial score (nSPS) is 15.3. The van der Waals surface area contributed by atoms with Crippen LogP contribution in [0.25, 0.3) is 22.5 Å². The van der Waals surface area contributed by atoms with Crippen LogP contribution < -0.4 is 15.4 Å². The average Bonchev–Trinajstić information content (AvgIpc) is 3.71. The maximum absolute atomic E-state index is 13.4. The van der Waals surface area contributed by atoms with Gasteiger partial charge in [-0.25, -0.2) is 0 Å². The molecule has 0 saturated carbocycles. The fourth-order valence-corrected chi connectivity index (χ4v) is 5.27. The van der Waals surface area contributed by atoms with E-state index in [1.165, 1.54) is 6.26 Å². The van der Waals surface area contributed by atoms with E-state index in [4.69, 9.17) is 21.1 Å². The zero-order chi connectivity index (χ0) is 29.4. The molecule has 0 saturated heterocycles. The highest BCUT2D eigenvalue weighted by Gasteiger charge is 2.45. The number of nitrogens with one attached hydrogen (secondary N) is 2. The first-order chi connectivity index (χ1) is 21.0. The summed E-state index contributed by atoms with van der Waals surface area (Å²) in [5.41, 5.74) is 4.41. The van der Waals surface area contributed by atoms with Gasteiger partial charge in [-0.1, -0.05) is 77.4 Å². The minimum Gasteiger partial charge on any atom is -0.363 e. The number of rotatable bonds is 6. The van der Waals surface area contributed by atoms with E-state index in [-0.39, 0.29) is 21.6 Å². The van der Waals surface area contributed by atoms with Crippen LogP contribution in [0.5, 0.6) is 0 Å². The highest BCUT2D eigenvalue weighted by Crippen LogP contribution is 2.48. The Labute approximate surface area is 250 Å². The summed E-state index contributed by atoms with van der Waals surface area (Å²) in [5, 5.41) is 7.03. The Balaban J connectivity index is 1.36. The van der Waals surface area contributed by atoms with Gasteiger partial charge in [-0.3, -0.25) is 9.59 Å². The van der Waals surface area contributed by atoms with E-state index in [1.54, 1.807) is 42.7 Å². The highest BCUT2D eigenvalue weighted by atomic mass is 35.5. The number of quaternary nitrogens is 1. The molecule has 1 unspecified atom stereocenters. The fourth-order valence-electron chi connectivity index (χ4n) is 5.14. The van der Waals surface area contributed by atoms with E-state index >= 15 is 0 Å². The van der Waals surface area contributed by atoms with Crippen molar-refractivity contribution in [3.8, 4) is 22.5 Å². The van der Waals surface area contributed by atoms with E-state index in [2.05, 4.69) is 20.4 Å². The first-order valence-electron chi connectivity index (χ1n) is 13.3. The first kappa shape index (κ1) is 26.3. The Morgan fingerprint density at radius 3 is 2.30 bits per heavy atom. The molecule has 10 heteroatoms. The van der Waals surface area contributed by atoms with Crippen LogP contribution in [-0.4, -0.2) is 27.4 Å². The molecule has 2 aromatic heterocycles. The van der Waals surface area contributed by atoms with Gasteiger partial charge in [-0.2, -0.15) is 14.5 Å². The molecule has 6 aromatic rings. The van der Waals surface area contributed by atoms with Crippen molar-refractivity contribution in [2.24, 2.45) is 4.99 Å². The molecule has 9 nitrogen and oxygen atoms in total. The van der Waals surface area contributed by atoms with Gasteiger partial charge in [0.15, 0.2) is 11.5 Å². The number of aromatic nitrogens is 3. The lowest BCUT2D eigenvalue weighted by atomic mass is 10.0. The smallest absolute Gasteiger partial charge is 0.283 e. The number of hydrogen-bond acceptors (Lipinski definition) is 6. The molecule has 0 spiro atoms. The molecule has 1 aliphatic heterocycles. The van der Waals surface area contributed by atoms with E-state index in [0.717, 1.165) is 22.4 Å². The molecule has 208 valence electrons. The number of H-pyrrole nitrogens is 1. The second kappa shape index (κ2) is 10.6. The molecule has 2 N–H and O–H groups in total. The molecule has 43 heavy (non-hydrogen) atoms. The first-order valence-corrected chi connectivity index (χ1v) is 13.7. The summed E-state index contributed by atoms with van der Waals surface area (Å²) >= 11 is 6.25. The SMILES string of the molecule is O=C(Nc1ccon1)c1cccc([N+]2(c3ccc(Cl)cc3)C=Nc3c2nc(-c2ccc(-c4ccccc4)cc2)[nH]c3=O)c1. The molecule has 0 fully saturated rings. The van der Waals surface area contributed by atoms with Crippen molar-refractivity contribution in [1.29, 1.82) is 0 Å². The van der Waals surface area contributed by atoms with Crippen LogP contribution in [0.3, 0.4) is 0 Å². The van der Waals surface area contributed by atoms with E-state index in [9.17, 15) is 9.59 Å². The van der Waals surface area contributed by atoms with Crippen LogP contribution in [0.1, 0.15) is 10.4 Å². The topological polar surface area (TPSA) is 113 Å². The molecule has 0 radical (unpaired) electrons. The molecule has 0 bridgehead atoms. The largest absolute Gasteiger partial charge is 0.363 e. The van der Waals surface area contributed by atoms with Crippen LogP contribution >= 0.6 is 11.6 Å². The predicted octanol–water partition coefficient (Wildman–Crippen LogP) is 7.64. The summed E-state index contributed by atoms with van der Waals surface area (Å²) in [5.74, 6) is 0.702. The molecular formula is C33H22ClN6O3+. The summed E-state index contributed by atoms with van der Waals surface area (Å²) in [4.78, 5) is 39.0. The van der Waals surface area contributed by atoms with Crippen LogP contribution in [0.15, 0.2) is 130 Å². The summed E-state index contributed by atoms with van der Waals surface area (Å²) in [6, 6.07) is 33.7. The molecule has 1 amide bonds. The Morgan fingerprint density at radius 1 is 0.814 bits per heavy atom. The maximum atomic E-state index is 13.4. The number of aliphatic imine (C=N–C) groups is 1. The summed E-state index contributed by atoms with van der Waals surface area (Å²) in [6.07, 6.45) is 3.02. The Kier molecular flexibility index (Phi) is 6.50. The third-order valence-corrected chi connectivity index (χ3v) is 7.52. The Morgan fingerprint density at radius 2 is 1.56 bits per heavy atom. The lowest BCUT2D eigenvalue weighted by Gasteiger charge is -2.29. The van der Waals surface area contributed by atoms with Gasteiger partial charge in [-0.05, 0) is 29.3 Å². The zero-order valence-electron chi connectivity index (χ0n) is 22.4. The quantitative estimate of drug-likeness (QED) is 0.195. The van der Waals surface area contributed by atoms with Gasteiger partial charge in [0, 0.05) is 46.5 Å². The van der Waals surface area contributed by atoms with Gasteiger partial charge in [0.25, 0.3) is 17.3 Å². The van der Waals surface area contributed by atoms with E-state index in [1.807, 2.05) is 72.8 Å². The summed E-state index contributed by atoms with van der Waals surface area (Å²) < 4.78 is 4.69. The number of carbonyl (C=O) groups excluding carboxylic acids is 1. The number of benzene rings is 4. The van der Waals surface area contributed by atoms with E-state index < -0.39 is 0 Å². The second-order valence-corrected chi connectivity index (χ2v) is 10.3.